The normalized spacial score (nSPS) is 18.2. The van der Waals surface area contributed by atoms with E-state index in [1.807, 2.05) is 36.4 Å². The van der Waals surface area contributed by atoms with Gasteiger partial charge in [-0.3, -0.25) is 4.79 Å². The minimum atomic E-state index is -0.0219. The summed E-state index contributed by atoms with van der Waals surface area (Å²) in [5.74, 6) is 0.218. The molecule has 0 amide bonds. The van der Waals surface area contributed by atoms with E-state index in [0.29, 0.717) is 5.56 Å². The second-order valence-corrected chi connectivity index (χ2v) is 5.25. The van der Waals surface area contributed by atoms with Crippen molar-refractivity contribution >= 4 is 22.2 Å². The summed E-state index contributed by atoms with van der Waals surface area (Å²) in [7, 11) is 0. The molecule has 1 unspecified atom stereocenters. The highest BCUT2D eigenvalue weighted by molar-refractivity contribution is 5.99. The van der Waals surface area contributed by atoms with Gasteiger partial charge in [0.2, 0.25) is 0 Å². The number of fused-ring (bicyclic) bond motifs is 1. The summed E-state index contributed by atoms with van der Waals surface area (Å²) in [6, 6.07) is 14.0. The van der Waals surface area contributed by atoms with Crippen molar-refractivity contribution in [2.75, 3.05) is 11.4 Å². The first-order chi connectivity index (χ1) is 9.72. The highest BCUT2D eigenvalue weighted by Gasteiger charge is 2.29. The van der Waals surface area contributed by atoms with Crippen LogP contribution in [0.3, 0.4) is 0 Å². The lowest BCUT2D eigenvalue weighted by molar-refractivity contribution is -0.118. The molecule has 1 atom stereocenters. The maximum atomic E-state index is 11.8. The standard InChI is InChI=1S/C17H16N2O/c1-12(20)16-7-4-10-19(16)17-9-8-13(11-18)14-5-2-3-6-15(14)17/h2-3,5-6,8-9,16H,4,7,10H2,1H3. The molecule has 1 aliphatic heterocycles. The van der Waals surface area contributed by atoms with Crippen LogP contribution in [0.25, 0.3) is 10.8 Å². The van der Waals surface area contributed by atoms with Gasteiger partial charge in [-0.25, -0.2) is 0 Å². The monoisotopic (exact) mass is 264 g/mol. The third-order valence-corrected chi connectivity index (χ3v) is 4.05. The van der Waals surface area contributed by atoms with Gasteiger partial charge in [0.05, 0.1) is 17.7 Å². The topological polar surface area (TPSA) is 44.1 Å². The van der Waals surface area contributed by atoms with Crippen molar-refractivity contribution in [1.29, 1.82) is 5.26 Å². The maximum absolute atomic E-state index is 11.8. The summed E-state index contributed by atoms with van der Waals surface area (Å²) < 4.78 is 0. The number of nitrogens with zero attached hydrogens (tertiary/aromatic N) is 2. The summed E-state index contributed by atoms with van der Waals surface area (Å²) in [6.45, 7) is 2.56. The Kier molecular flexibility index (Phi) is 3.15. The van der Waals surface area contributed by atoms with Crippen LogP contribution in [-0.4, -0.2) is 18.4 Å². The zero-order chi connectivity index (χ0) is 14.1. The van der Waals surface area contributed by atoms with Crippen LogP contribution in [0.15, 0.2) is 36.4 Å². The van der Waals surface area contributed by atoms with Gasteiger partial charge >= 0.3 is 0 Å². The lowest BCUT2D eigenvalue weighted by Crippen LogP contribution is -2.34. The van der Waals surface area contributed by atoms with E-state index in [-0.39, 0.29) is 11.8 Å². The van der Waals surface area contributed by atoms with Gasteiger partial charge in [0.1, 0.15) is 0 Å². The number of anilines is 1. The van der Waals surface area contributed by atoms with Gasteiger partial charge < -0.3 is 4.90 Å². The number of Topliss-reactive ketones (excluding diaryl/α,β-unsaturated/α-hetero) is 1. The number of hydrogen-bond acceptors (Lipinski definition) is 3. The molecule has 0 aromatic heterocycles. The summed E-state index contributed by atoms with van der Waals surface area (Å²) in [6.07, 6.45) is 1.96. The molecule has 0 N–H and O–H groups in total. The molecule has 100 valence electrons. The lowest BCUT2D eigenvalue weighted by atomic mass is 10.0. The Morgan fingerprint density at radius 3 is 2.70 bits per heavy atom. The zero-order valence-corrected chi connectivity index (χ0v) is 11.5. The predicted octanol–water partition coefficient (Wildman–Crippen LogP) is 3.27. The predicted molar refractivity (Wildman–Crippen MR) is 79.7 cm³/mol. The van der Waals surface area contributed by atoms with Crippen molar-refractivity contribution in [3.8, 4) is 6.07 Å². The molecule has 0 aliphatic carbocycles. The Morgan fingerprint density at radius 1 is 1.25 bits per heavy atom. The molecule has 3 heteroatoms. The smallest absolute Gasteiger partial charge is 0.152 e. The minimum Gasteiger partial charge on any atom is -0.361 e. The fourth-order valence-electron chi connectivity index (χ4n) is 3.11. The largest absolute Gasteiger partial charge is 0.361 e. The first kappa shape index (κ1) is 12.7. The van der Waals surface area contributed by atoms with Crippen molar-refractivity contribution < 1.29 is 4.79 Å². The van der Waals surface area contributed by atoms with Gasteiger partial charge in [0.15, 0.2) is 5.78 Å². The van der Waals surface area contributed by atoms with Crippen LogP contribution in [0.5, 0.6) is 0 Å². The number of carbonyl (C=O) groups is 1. The number of ketones is 1. The molecule has 0 saturated carbocycles. The van der Waals surface area contributed by atoms with E-state index in [9.17, 15) is 10.1 Å². The first-order valence-electron chi connectivity index (χ1n) is 6.91. The molecule has 0 bridgehead atoms. The fourth-order valence-corrected chi connectivity index (χ4v) is 3.11. The average molecular weight is 264 g/mol. The van der Waals surface area contributed by atoms with E-state index in [1.165, 1.54) is 0 Å². The molecule has 1 aliphatic rings. The Hall–Kier alpha value is -2.34. The summed E-state index contributed by atoms with van der Waals surface area (Å²) in [5.41, 5.74) is 1.75. The third-order valence-electron chi connectivity index (χ3n) is 4.05. The van der Waals surface area contributed by atoms with Gasteiger partial charge in [0.25, 0.3) is 0 Å². The van der Waals surface area contributed by atoms with Crippen molar-refractivity contribution in [1.82, 2.24) is 0 Å². The van der Waals surface area contributed by atoms with Gasteiger partial charge in [-0.1, -0.05) is 24.3 Å². The molecule has 2 aromatic carbocycles. The van der Waals surface area contributed by atoms with Crippen molar-refractivity contribution in [2.24, 2.45) is 0 Å². The number of nitriles is 1. The molecule has 0 spiro atoms. The number of carbonyl (C=O) groups excluding carboxylic acids is 1. The van der Waals surface area contributed by atoms with Crippen LogP contribution in [0.2, 0.25) is 0 Å². The number of hydrogen-bond donors (Lipinski definition) is 0. The maximum Gasteiger partial charge on any atom is 0.152 e. The van der Waals surface area contributed by atoms with Gasteiger partial charge in [0, 0.05) is 23.0 Å². The molecule has 1 fully saturated rings. The first-order valence-corrected chi connectivity index (χ1v) is 6.91. The van der Waals surface area contributed by atoms with Gasteiger partial charge in [-0.15, -0.1) is 0 Å². The second kappa shape index (κ2) is 4.97. The highest BCUT2D eigenvalue weighted by atomic mass is 16.1. The number of benzene rings is 2. The summed E-state index contributed by atoms with van der Waals surface area (Å²) in [5, 5.41) is 11.2. The summed E-state index contributed by atoms with van der Waals surface area (Å²) >= 11 is 0. The van der Waals surface area contributed by atoms with E-state index in [0.717, 1.165) is 35.8 Å². The van der Waals surface area contributed by atoms with Crippen LogP contribution in [0.1, 0.15) is 25.3 Å². The van der Waals surface area contributed by atoms with Gasteiger partial charge in [-0.05, 0) is 31.9 Å². The molecular weight excluding hydrogens is 248 g/mol. The summed E-state index contributed by atoms with van der Waals surface area (Å²) in [4.78, 5) is 14.0. The van der Waals surface area contributed by atoms with Crippen molar-refractivity contribution in [2.45, 2.75) is 25.8 Å². The zero-order valence-electron chi connectivity index (χ0n) is 11.5. The van der Waals surface area contributed by atoms with Crippen LogP contribution in [-0.2, 0) is 4.79 Å². The van der Waals surface area contributed by atoms with E-state index in [2.05, 4.69) is 11.0 Å². The molecule has 0 radical (unpaired) electrons. The number of rotatable bonds is 2. The van der Waals surface area contributed by atoms with Crippen molar-refractivity contribution in [3.63, 3.8) is 0 Å². The Labute approximate surface area is 118 Å². The van der Waals surface area contributed by atoms with E-state index < -0.39 is 0 Å². The molecule has 1 heterocycles. The third kappa shape index (κ3) is 1.94. The van der Waals surface area contributed by atoms with Gasteiger partial charge in [-0.2, -0.15) is 5.26 Å². The molecule has 2 aromatic rings. The Bertz CT molecular complexity index is 714. The molecule has 20 heavy (non-hydrogen) atoms. The van der Waals surface area contributed by atoms with Crippen LogP contribution in [0, 0.1) is 11.3 Å². The quantitative estimate of drug-likeness (QED) is 0.836. The lowest BCUT2D eigenvalue weighted by Gasteiger charge is -2.26. The fraction of sp³-hybridized carbons (Fsp3) is 0.294. The highest BCUT2D eigenvalue weighted by Crippen LogP contribution is 2.34. The van der Waals surface area contributed by atoms with Crippen LogP contribution >= 0.6 is 0 Å². The Morgan fingerprint density at radius 2 is 2.00 bits per heavy atom. The second-order valence-electron chi connectivity index (χ2n) is 5.25. The molecule has 3 nitrogen and oxygen atoms in total. The SMILES string of the molecule is CC(=O)C1CCCN1c1ccc(C#N)c2ccccc12. The minimum absolute atomic E-state index is 0.0219. The van der Waals surface area contributed by atoms with E-state index in [1.54, 1.807) is 6.92 Å². The molecular formula is C17H16N2O. The van der Waals surface area contributed by atoms with Crippen LogP contribution in [0.4, 0.5) is 5.69 Å². The van der Waals surface area contributed by atoms with E-state index in [4.69, 9.17) is 0 Å². The molecule has 1 saturated heterocycles. The Balaban J connectivity index is 2.18. The van der Waals surface area contributed by atoms with Crippen molar-refractivity contribution in [3.05, 3.63) is 42.0 Å². The van der Waals surface area contributed by atoms with E-state index >= 15 is 0 Å². The average Bonchev–Trinajstić information content (AvgIpc) is 2.95. The molecule has 3 rings (SSSR count). The van der Waals surface area contributed by atoms with Crippen LogP contribution < -0.4 is 4.90 Å².